The Balaban J connectivity index is 1.28. The third kappa shape index (κ3) is 5.34. The summed E-state index contributed by atoms with van der Waals surface area (Å²) in [5, 5.41) is 0. The molecule has 0 unspecified atom stereocenters. The molecule has 33 heavy (non-hydrogen) atoms. The van der Waals surface area contributed by atoms with Crippen molar-refractivity contribution in [1.29, 1.82) is 0 Å². The predicted molar refractivity (Wildman–Crippen MR) is 131 cm³/mol. The van der Waals surface area contributed by atoms with Crippen LogP contribution in [0, 0.1) is 0 Å². The van der Waals surface area contributed by atoms with Gasteiger partial charge in [-0.1, -0.05) is 84.9 Å². The fraction of sp³-hybridized carbons (Fsp3) is 0.0667. The normalized spacial score (nSPS) is 10.7. The van der Waals surface area contributed by atoms with E-state index < -0.39 is 0 Å². The molecule has 0 aliphatic heterocycles. The maximum Gasteiger partial charge on any atom is 0.134 e. The van der Waals surface area contributed by atoms with Crippen LogP contribution in [0.25, 0.3) is 22.6 Å². The second kappa shape index (κ2) is 9.92. The van der Waals surface area contributed by atoms with Gasteiger partial charge in [0.1, 0.15) is 36.2 Å². The molecule has 0 atom stereocenters. The topological polar surface area (TPSA) is 31.6 Å². The molecule has 0 aliphatic carbocycles. The standard InChI is InChI=1S/C30H24O3/c1-3-9-23(10-4-1)21-31-27-15-7-13-25(19-27)29-17-18-30(33-29)26-14-8-16-28(20-26)32-22-24-11-5-2-6-12-24/h1-20H,21-22H2. The van der Waals surface area contributed by atoms with Crippen molar-refractivity contribution in [3.05, 3.63) is 132 Å². The third-order valence-electron chi connectivity index (χ3n) is 5.34. The van der Waals surface area contributed by atoms with Gasteiger partial charge in [-0.15, -0.1) is 0 Å². The van der Waals surface area contributed by atoms with E-state index in [-0.39, 0.29) is 0 Å². The molecule has 5 aromatic rings. The average Bonchev–Trinajstić information content (AvgIpc) is 3.39. The number of rotatable bonds is 8. The number of benzene rings is 4. The van der Waals surface area contributed by atoms with Crippen molar-refractivity contribution in [2.24, 2.45) is 0 Å². The zero-order chi connectivity index (χ0) is 22.3. The van der Waals surface area contributed by atoms with Gasteiger partial charge in [0.05, 0.1) is 0 Å². The van der Waals surface area contributed by atoms with Gasteiger partial charge in [0.2, 0.25) is 0 Å². The van der Waals surface area contributed by atoms with Crippen LogP contribution in [0.2, 0.25) is 0 Å². The summed E-state index contributed by atoms with van der Waals surface area (Å²) in [7, 11) is 0. The molecule has 0 saturated carbocycles. The molecule has 0 aliphatic rings. The first-order valence-corrected chi connectivity index (χ1v) is 11.0. The molecule has 0 spiro atoms. The molecule has 0 N–H and O–H groups in total. The zero-order valence-corrected chi connectivity index (χ0v) is 18.2. The molecule has 0 bridgehead atoms. The van der Waals surface area contributed by atoms with Crippen LogP contribution in [0.1, 0.15) is 11.1 Å². The molecule has 0 amide bonds. The Labute approximate surface area is 193 Å². The van der Waals surface area contributed by atoms with Crippen LogP contribution < -0.4 is 9.47 Å². The highest BCUT2D eigenvalue weighted by Crippen LogP contribution is 2.32. The van der Waals surface area contributed by atoms with Gasteiger partial charge in [-0.3, -0.25) is 0 Å². The summed E-state index contributed by atoms with van der Waals surface area (Å²) in [6.07, 6.45) is 0. The number of hydrogen-bond acceptors (Lipinski definition) is 3. The van der Waals surface area contributed by atoms with Gasteiger partial charge < -0.3 is 13.9 Å². The lowest BCUT2D eigenvalue weighted by Crippen LogP contribution is -1.95. The van der Waals surface area contributed by atoms with E-state index in [1.165, 1.54) is 0 Å². The Morgan fingerprint density at radius 3 is 1.36 bits per heavy atom. The summed E-state index contributed by atoms with van der Waals surface area (Å²) in [6.45, 7) is 1.06. The van der Waals surface area contributed by atoms with E-state index in [0.29, 0.717) is 13.2 Å². The largest absolute Gasteiger partial charge is 0.489 e. The lowest BCUT2D eigenvalue weighted by atomic mass is 10.1. The van der Waals surface area contributed by atoms with Gasteiger partial charge in [-0.2, -0.15) is 0 Å². The molecule has 0 fully saturated rings. The highest BCUT2D eigenvalue weighted by molar-refractivity contribution is 5.66. The molecule has 1 aromatic heterocycles. The van der Waals surface area contributed by atoms with Crippen LogP contribution in [-0.4, -0.2) is 0 Å². The molecule has 0 radical (unpaired) electrons. The summed E-state index contributed by atoms with van der Waals surface area (Å²) in [5.74, 6) is 3.22. The number of ether oxygens (including phenoxy) is 2. The summed E-state index contributed by atoms with van der Waals surface area (Å²) < 4.78 is 18.1. The van der Waals surface area contributed by atoms with E-state index in [1.807, 2.05) is 97.1 Å². The first kappa shape index (κ1) is 20.7. The summed E-state index contributed by atoms with van der Waals surface area (Å²) in [5.41, 5.74) is 4.22. The summed E-state index contributed by atoms with van der Waals surface area (Å²) >= 11 is 0. The van der Waals surface area contributed by atoms with Crippen LogP contribution in [-0.2, 0) is 13.2 Å². The molecule has 3 heteroatoms. The number of hydrogen-bond donors (Lipinski definition) is 0. The van der Waals surface area contributed by atoms with Crippen LogP contribution >= 0.6 is 0 Å². The van der Waals surface area contributed by atoms with E-state index in [9.17, 15) is 0 Å². The Morgan fingerprint density at radius 2 is 0.909 bits per heavy atom. The predicted octanol–water partition coefficient (Wildman–Crippen LogP) is 7.77. The van der Waals surface area contributed by atoms with E-state index >= 15 is 0 Å². The summed E-state index contributed by atoms with van der Waals surface area (Å²) in [4.78, 5) is 0. The maximum atomic E-state index is 6.18. The van der Waals surface area contributed by atoms with Crippen molar-refractivity contribution in [2.45, 2.75) is 13.2 Å². The van der Waals surface area contributed by atoms with Crippen molar-refractivity contribution in [3.8, 4) is 34.1 Å². The molecular formula is C30H24O3. The van der Waals surface area contributed by atoms with Gasteiger partial charge in [0.15, 0.2) is 0 Å². The van der Waals surface area contributed by atoms with Crippen LogP contribution in [0.3, 0.4) is 0 Å². The van der Waals surface area contributed by atoms with Crippen molar-refractivity contribution in [2.75, 3.05) is 0 Å². The van der Waals surface area contributed by atoms with Crippen LogP contribution in [0.15, 0.2) is 126 Å². The first-order chi connectivity index (χ1) is 16.3. The minimum Gasteiger partial charge on any atom is -0.489 e. The second-order valence-electron chi connectivity index (χ2n) is 7.77. The number of furan rings is 1. The van der Waals surface area contributed by atoms with E-state index in [0.717, 1.165) is 45.3 Å². The van der Waals surface area contributed by atoms with Crippen molar-refractivity contribution >= 4 is 0 Å². The fourth-order valence-electron chi connectivity index (χ4n) is 3.61. The van der Waals surface area contributed by atoms with Gasteiger partial charge in [-0.25, -0.2) is 0 Å². The molecule has 4 aromatic carbocycles. The Hall–Kier alpha value is -4.24. The lowest BCUT2D eigenvalue weighted by Gasteiger charge is -2.08. The average molecular weight is 433 g/mol. The SMILES string of the molecule is c1ccc(COc2cccc(-c3ccc(-c4cccc(OCc5ccccc5)c4)o3)c2)cc1. The Bertz CT molecular complexity index is 1210. The van der Waals surface area contributed by atoms with Gasteiger partial charge >= 0.3 is 0 Å². The molecule has 1 heterocycles. The fourth-order valence-corrected chi connectivity index (χ4v) is 3.61. The minimum atomic E-state index is 0.531. The van der Waals surface area contributed by atoms with Gasteiger partial charge in [-0.05, 0) is 47.5 Å². The zero-order valence-electron chi connectivity index (χ0n) is 18.2. The van der Waals surface area contributed by atoms with E-state index in [1.54, 1.807) is 0 Å². The quantitative estimate of drug-likeness (QED) is 0.251. The van der Waals surface area contributed by atoms with Gasteiger partial charge in [0.25, 0.3) is 0 Å². The molecule has 5 rings (SSSR count). The Kier molecular flexibility index (Phi) is 6.21. The van der Waals surface area contributed by atoms with Crippen molar-refractivity contribution < 1.29 is 13.9 Å². The monoisotopic (exact) mass is 432 g/mol. The highest BCUT2D eigenvalue weighted by Gasteiger charge is 2.09. The minimum absolute atomic E-state index is 0.531. The maximum absolute atomic E-state index is 6.18. The van der Waals surface area contributed by atoms with Crippen molar-refractivity contribution in [3.63, 3.8) is 0 Å². The van der Waals surface area contributed by atoms with E-state index in [4.69, 9.17) is 13.9 Å². The van der Waals surface area contributed by atoms with Crippen LogP contribution in [0.4, 0.5) is 0 Å². The smallest absolute Gasteiger partial charge is 0.134 e. The third-order valence-corrected chi connectivity index (χ3v) is 5.34. The molecular weight excluding hydrogens is 408 g/mol. The first-order valence-electron chi connectivity index (χ1n) is 11.0. The second-order valence-corrected chi connectivity index (χ2v) is 7.77. The highest BCUT2D eigenvalue weighted by atomic mass is 16.5. The lowest BCUT2D eigenvalue weighted by molar-refractivity contribution is 0.306. The Morgan fingerprint density at radius 1 is 0.455 bits per heavy atom. The molecule has 0 saturated heterocycles. The van der Waals surface area contributed by atoms with Crippen molar-refractivity contribution in [1.82, 2.24) is 0 Å². The van der Waals surface area contributed by atoms with E-state index in [2.05, 4.69) is 24.3 Å². The molecule has 162 valence electrons. The van der Waals surface area contributed by atoms with Crippen LogP contribution in [0.5, 0.6) is 11.5 Å². The van der Waals surface area contributed by atoms with Gasteiger partial charge in [0, 0.05) is 11.1 Å². The summed E-state index contributed by atoms with van der Waals surface area (Å²) in [6, 6.07) is 40.2. The molecule has 3 nitrogen and oxygen atoms in total.